The van der Waals surface area contributed by atoms with Gasteiger partial charge in [0.25, 0.3) is 0 Å². The second-order valence-corrected chi connectivity index (χ2v) is 8.45. The fraction of sp³-hybridized carbons (Fsp3) is 0.211. The molecule has 4 nitrogen and oxygen atoms in total. The molecule has 0 aliphatic rings. The smallest absolute Gasteiger partial charge is 0.180 e. The van der Waals surface area contributed by atoms with Gasteiger partial charge in [-0.2, -0.15) is 0 Å². The third-order valence-corrected chi connectivity index (χ3v) is 6.17. The first-order valence-electron chi connectivity index (χ1n) is 7.77. The molecule has 0 atom stereocenters. The van der Waals surface area contributed by atoms with Crippen molar-refractivity contribution in [3.63, 3.8) is 0 Å². The lowest BCUT2D eigenvalue weighted by Gasteiger charge is -2.09. The van der Waals surface area contributed by atoms with E-state index in [1.54, 1.807) is 38.1 Å². The molecule has 1 aromatic heterocycles. The summed E-state index contributed by atoms with van der Waals surface area (Å²) in [4.78, 5) is 0.330. The van der Waals surface area contributed by atoms with Gasteiger partial charge >= 0.3 is 0 Å². The minimum absolute atomic E-state index is 0.330. The topological polar surface area (TPSA) is 60.2 Å². The highest BCUT2D eigenvalue weighted by molar-refractivity contribution is 7.92. The van der Waals surface area contributed by atoms with Crippen LogP contribution in [-0.2, 0) is 9.84 Å². The van der Waals surface area contributed by atoms with Crippen molar-refractivity contribution in [1.29, 1.82) is 0 Å². The molecule has 0 bridgehead atoms. The Balaban J connectivity index is 2.07. The van der Waals surface area contributed by atoms with E-state index in [9.17, 15) is 8.42 Å². The largest absolute Gasteiger partial charge is 0.360 e. The van der Waals surface area contributed by atoms with Gasteiger partial charge in [0.1, 0.15) is 11.5 Å². The van der Waals surface area contributed by atoms with Crippen molar-refractivity contribution in [3.05, 3.63) is 60.4 Å². The van der Waals surface area contributed by atoms with Gasteiger partial charge in [-0.15, -0.1) is 0 Å². The lowest BCUT2D eigenvalue weighted by atomic mass is 10.00. The van der Waals surface area contributed by atoms with Crippen LogP contribution < -0.4 is 0 Å². The second-order valence-electron chi connectivity index (χ2n) is 5.95. The van der Waals surface area contributed by atoms with Gasteiger partial charge < -0.3 is 4.52 Å². The van der Waals surface area contributed by atoms with Crippen LogP contribution in [0.5, 0.6) is 0 Å². The molecule has 0 fully saturated rings. The van der Waals surface area contributed by atoms with Crippen molar-refractivity contribution in [3.8, 4) is 22.4 Å². The average Bonchev–Trinajstić information content (AvgIpc) is 2.97. The third kappa shape index (κ3) is 2.87. The van der Waals surface area contributed by atoms with Crippen LogP contribution in [0.15, 0.2) is 64.0 Å². The van der Waals surface area contributed by atoms with Crippen LogP contribution >= 0.6 is 0 Å². The maximum atomic E-state index is 12.3. The van der Waals surface area contributed by atoms with E-state index in [0.29, 0.717) is 10.7 Å². The Kier molecular flexibility index (Phi) is 4.28. The number of benzene rings is 2. The Bertz CT molecular complexity index is 940. The van der Waals surface area contributed by atoms with Crippen LogP contribution in [-0.4, -0.2) is 18.8 Å². The number of aromatic nitrogens is 1. The van der Waals surface area contributed by atoms with Crippen molar-refractivity contribution >= 4 is 9.84 Å². The number of hydrogen-bond acceptors (Lipinski definition) is 4. The van der Waals surface area contributed by atoms with Crippen LogP contribution in [0, 0.1) is 6.92 Å². The Morgan fingerprint density at radius 3 is 2.12 bits per heavy atom. The average molecular weight is 341 g/mol. The van der Waals surface area contributed by atoms with Gasteiger partial charge in [0.15, 0.2) is 9.84 Å². The van der Waals surface area contributed by atoms with E-state index in [1.165, 1.54) is 0 Å². The summed E-state index contributed by atoms with van der Waals surface area (Å²) < 4.78 is 29.9. The highest BCUT2D eigenvalue weighted by Gasteiger charge is 2.20. The summed E-state index contributed by atoms with van der Waals surface area (Å²) in [6.07, 6.45) is 0. The molecule has 0 unspecified atom stereocenters. The predicted octanol–water partition coefficient (Wildman–Crippen LogP) is 4.50. The molecule has 124 valence electrons. The number of sulfone groups is 1. The van der Waals surface area contributed by atoms with Crippen molar-refractivity contribution in [1.82, 2.24) is 5.16 Å². The predicted molar refractivity (Wildman–Crippen MR) is 94.4 cm³/mol. The normalized spacial score (nSPS) is 11.8. The van der Waals surface area contributed by atoms with Gasteiger partial charge in [-0.05, 0) is 38.5 Å². The fourth-order valence-corrected chi connectivity index (χ4v) is 3.65. The van der Waals surface area contributed by atoms with Crippen molar-refractivity contribution in [2.24, 2.45) is 0 Å². The van der Waals surface area contributed by atoms with E-state index in [4.69, 9.17) is 4.52 Å². The minimum Gasteiger partial charge on any atom is -0.360 e. The van der Waals surface area contributed by atoms with E-state index >= 15 is 0 Å². The van der Waals surface area contributed by atoms with Crippen molar-refractivity contribution in [2.75, 3.05) is 0 Å². The van der Waals surface area contributed by atoms with Crippen LogP contribution in [0.25, 0.3) is 22.4 Å². The van der Waals surface area contributed by atoms with Gasteiger partial charge in [0.2, 0.25) is 0 Å². The van der Waals surface area contributed by atoms with Gasteiger partial charge in [-0.3, -0.25) is 0 Å². The molecule has 0 aliphatic heterocycles. The molecular weight excluding hydrogens is 322 g/mol. The standard InChI is InChI=1S/C19H19NO3S/c1-13(2)24(21,22)17-11-9-15(10-12-17)18-14(3)23-20-19(18)16-7-5-4-6-8-16/h4-13H,1-3H3. The summed E-state index contributed by atoms with van der Waals surface area (Å²) >= 11 is 0. The first kappa shape index (κ1) is 16.5. The van der Waals surface area contributed by atoms with E-state index in [2.05, 4.69) is 5.16 Å². The molecule has 24 heavy (non-hydrogen) atoms. The molecule has 1 heterocycles. The summed E-state index contributed by atoms with van der Waals surface area (Å²) in [6, 6.07) is 16.7. The van der Waals surface area contributed by atoms with Gasteiger partial charge in [0, 0.05) is 5.56 Å². The zero-order valence-electron chi connectivity index (χ0n) is 13.9. The zero-order valence-corrected chi connectivity index (χ0v) is 14.7. The Morgan fingerprint density at radius 1 is 0.917 bits per heavy atom. The minimum atomic E-state index is -3.27. The summed E-state index contributed by atoms with van der Waals surface area (Å²) in [6.45, 7) is 5.22. The van der Waals surface area contributed by atoms with E-state index in [-0.39, 0.29) is 0 Å². The summed E-state index contributed by atoms with van der Waals surface area (Å²) in [5, 5.41) is 3.72. The number of hydrogen-bond donors (Lipinski definition) is 0. The molecule has 0 spiro atoms. The highest BCUT2D eigenvalue weighted by atomic mass is 32.2. The Labute approximate surface area is 142 Å². The maximum Gasteiger partial charge on any atom is 0.180 e. The first-order valence-corrected chi connectivity index (χ1v) is 9.32. The first-order chi connectivity index (χ1) is 11.4. The summed E-state index contributed by atoms with van der Waals surface area (Å²) in [7, 11) is -3.27. The molecular formula is C19H19NO3S. The van der Waals surface area contributed by atoms with Crippen molar-refractivity contribution < 1.29 is 12.9 Å². The molecule has 0 N–H and O–H groups in total. The van der Waals surface area contributed by atoms with Crippen LogP contribution in [0.4, 0.5) is 0 Å². The van der Waals surface area contributed by atoms with E-state index in [1.807, 2.05) is 37.3 Å². The highest BCUT2D eigenvalue weighted by Crippen LogP contribution is 2.34. The van der Waals surface area contributed by atoms with Crippen LogP contribution in [0.2, 0.25) is 0 Å². The molecule has 3 aromatic rings. The van der Waals surface area contributed by atoms with E-state index in [0.717, 1.165) is 22.4 Å². The number of aryl methyl sites for hydroxylation is 1. The van der Waals surface area contributed by atoms with E-state index < -0.39 is 15.1 Å². The molecule has 3 rings (SSSR count). The lowest BCUT2D eigenvalue weighted by molar-refractivity contribution is 0.400. The SMILES string of the molecule is Cc1onc(-c2ccccc2)c1-c1ccc(S(=O)(=O)C(C)C)cc1. The Morgan fingerprint density at radius 2 is 1.54 bits per heavy atom. The van der Waals surface area contributed by atoms with Crippen LogP contribution in [0.3, 0.4) is 0 Å². The van der Waals surface area contributed by atoms with Gasteiger partial charge in [-0.1, -0.05) is 47.6 Å². The molecule has 0 radical (unpaired) electrons. The van der Waals surface area contributed by atoms with Crippen molar-refractivity contribution in [2.45, 2.75) is 30.9 Å². The molecule has 0 saturated heterocycles. The molecule has 5 heteroatoms. The third-order valence-electron chi connectivity index (χ3n) is 4.00. The maximum absolute atomic E-state index is 12.3. The monoisotopic (exact) mass is 341 g/mol. The zero-order chi connectivity index (χ0) is 17.3. The quantitative estimate of drug-likeness (QED) is 0.701. The Hall–Kier alpha value is -2.40. The van der Waals surface area contributed by atoms with Crippen LogP contribution in [0.1, 0.15) is 19.6 Å². The lowest BCUT2D eigenvalue weighted by Crippen LogP contribution is -2.13. The number of nitrogens with zero attached hydrogens (tertiary/aromatic N) is 1. The molecule has 0 amide bonds. The van der Waals surface area contributed by atoms with Gasteiger partial charge in [-0.25, -0.2) is 8.42 Å². The van der Waals surface area contributed by atoms with Gasteiger partial charge in [0.05, 0.1) is 15.7 Å². The summed E-state index contributed by atoms with van der Waals surface area (Å²) in [5.74, 6) is 0.702. The number of rotatable bonds is 4. The second kappa shape index (κ2) is 6.24. The molecule has 0 saturated carbocycles. The molecule has 0 aliphatic carbocycles. The summed E-state index contributed by atoms with van der Waals surface area (Å²) in [5.41, 5.74) is 3.49. The fourth-order valence-electron chi connectivity index (χ4n) is 2.59. The molecule has 2 aromatic carbocycles.